The van der Waals surface area contributed by atoms with Crippen molar-refractivity contribution in [1.82, 2.24) is 4.90 Å². The number of rotatable bonds is 3. The van der Waals surface area contributed by atoms with E-state index in [1.54, 1.807) is 0 Å². The van der Waals surface area contributed by atoms with Gasteiger partial charge in [0.25, 0.3) is 0 Å². The Hall–Kier alpha value is -1.32. The number of carboxylic acids is 1. The summed E-state index contributed by atoms with van der Waals surface area (Å²) in [6.45, 7) is 2.23. The Morgan fingerprint density at radius 1 is 1.15 bits per heavy atom. The van der Waals surface area contributed by atoms with Crippen LogP contribution in [0, 0.1) is 17.8 Å². The second kappa shape index (κ2) is 6.42. The fourth-order valence-electron chi connectivity index (χ4n) is 3.56. The van der Waals surface area contributed by atoms with E-state index in [1.807, 2.05) is 24.1 Å². The fraction of sp³-hybridized carbons (Fsp3) is 0.750. The molecular formula is C16H25NO3. The third-order valence-corrected chi connectivity index (χ3v) is 4.87. The number of amides is 1. The first-order chi connectivity index (χ1) is 9.50. The molecule has 1 amide bonds. The average Bonchev–Trinajstić information content (AvgIpc) is 2.45. The molecule has 0 aromatic carbocycles. The maximum Gasteiger partial charge on any atom is 0.307 e. The molecule has 4 heteroatoms. The van der Waals surface area contributed by atoms with Gasteiger partial charge in [0.2, 0.25) is 5.91 Å². The van der Waals surface area contributed by atoms with Gasteiger partial charge in [-0.25, -0.2) is 0 Å². The van der Waals surface area contributed by atoms with Gasteiger partial charge in [-0.1, -0.05) is 31.9 Å². The number of hydrogen-bond acceptors (Lipinski definition) is 2. The number of nitrogens with zero attached hydrogens (tertiary/aromatic N) is 1. The summed E-state index contributed by atoms with van der Waals surface area (Å²) in [7, 11) is 1.85. The van der Waals surface area contributed by atoms with Crippen LogP contribution >= 0.6 is 0 Å². The zero-order chi connectivity index (χ0) is 14.7. The minimum absolute atomic E-state index is 0.0147. The molecule has 1 N–H and O–H groups in total. The number of carbonyl (C=O) groups excluding carboxylic acids is 1. The predicted octanol–water partition coefficient (Wildman–Crippen LogP) is 2.69. The zero-order valence-corrected chi connectivity index (χ0v) is 12.4. The quantitative estimate of drug-likeness (QED) is 0.808. The lowest BCUT2D eigenvalue weighted by molar-refractivity contribution is -0.151. The Morgan fingerprint density at radius 3 is 2.40 bits per heavy atom. The molecule has 20 heavy (non-hydrogen) atoms. The smallest absolute Gasteiger partial charge is 0.307 e. The van der Waals surface area contributed by atoms with E-state index in [9.17, 15) is 14.7 Å². The average molecular weight is 279 g/mol. The van der Waals surface area contributed by atoms with Crippen molar-refractivity contribution in [2.75, 3.05) is 7.05 Å². The Morgan fingerprint density at radius 2 is 1.80 bits per heavy atom. The molecule has 0 aromatic rings. The van der Waals surface area contributed by atoms with Crippen molar-refractivity contribution in [2.24, 2.45) is 17.8 Å². The van der Waals surface area contributed by atoms with Gasteiger partial charge in [-0.15, -0.1) is 0 Å². The first-order valence-electron chi connectivity index (χ1n) is 7.65. The van der Waals surface area contributed by atoms with Crippen molar-refractivity contribution < 1.29 is 14.7 Å². The molecule has 1 saturated carbocycles. The molecule has 0 aliphatic heterocycles. The van der Waals surface area contributed by atoms with Gasteiger partial charge < -0.3 is 10.0 Å². The second-order valence-corrected chi connectivity index (χ2v) is 6.37. The van der Waals surface area contributed by atoms with Gasteiger partial charge in [-0.2, -0.15) is 0 Å². The van der Waals surface area contributed by atoms with Crippen LogP contribution in [0.5, 0.6) is 0 Å². The van der Waals surface area contributed by atoms with Crippen LogP contribution < -0.4 is 0 Å². The summed E-state index contributed by atoms with van der Waals surface area (Å²) in [5.41, 5.74) is 0. The van der Waals surface area contributed by atoms with Gasteiger partial charge in [0.05, 0.1) is 11.8 Å². The Balaban J connectivity index is 2.05. The molecule has 4 nitrogen and oxygen atoms in total. The highest BCUT2D eigenvalue weighted by Gasteiger charge is 2.37. The molecule has 1 fully saturated rings. The van der Waals surface area contributed by atoms with Crippen LogP contribution in [0.25, 0.3) is 0 Å². The standard InChI is InChI=1S/C16H25NO3/c1-11-6-5-7-12(10-11)17(2)15(18)13-8-3-4-9-14(13)16(19)20/h3-4,11-14H,5-10H2,1-2H3,(H,19,20). The number of aliphatic carboxylic acids is 1. The maximum absolute atomic E-state index is 12.6. The van der Waals surface area contributed by atoms with Gasteiger partial charge >= 0.3 is 5.97 Å². The van der Waals surface area contributed by atoms with Gasteiger partial charge in [0, 0.05) is 13.1 Å². The molecule has 4 unspecified atom stereocenters. The highest BCUT2D eigenvalue weighted by Crippen LogP contribution is 2.31. The lowest BCUT2D eigenvalue weighted by atomic mass is 9.80. The second-order valence-electron chi connectivity index (χ2n) is 6.37. The minimum atomic E-state index is -0.849. The number of hydrogen-bond donors (Lipinski definition) is 1. The third-order valence-electron chi connectivity index (χ3n) is 4.87. The van der Waals surface area contributed by atoms with Crippen molar-refractivity contribution in [3.63, 3.8) is 0 Å². The molecule has 0 saturated heterocycles. The summed E-state index contributed by atoms with van der Waals surface area (Å²) >= 11 is 0. The molecular weight excluding hydrogens is 254 g/mol. The van der Waals surface area contributed by atoms with Crippen LogP contribution in [0.3, 0.4) is 0 Å². The highest BCUT2D eigenvalue weighted by atomic mass is 16.4. The van der Waals surface area contributed by atoms with E-state index in [2.05, 4.69) is 6.92 Å². The number of carboxylic acid groups (broad SMARTS) is 1. The third kappa shape index (κ3) is 3.22. The lowest BCUT2D eigenvalue weighted by Crippen LogP contribution is -2.46. The summed E-state index contributed by atoms with van der Waals surface area (Å²) in [6, 6.07) is 0.284. The Labute approximate surface area is 120 Å². The molecule has 0 radical (unpaired) electrons. The van der Waals surface area contributed by atoms with E-state index in [4.69, 9.17) is 0 Å². The normalized spacial score (nSPS) is 33.7. The molecule has 0 bridgehead atoms. The van der Waals surface area contributed by atoms with Gasteiger partial charge in [0.15, 0.2) is 0 Å². The van der Waals surface area contributed by atoms with Crippen molar-refractivity contribution >= 4 is 11.9 Å². The van der Waals surface area contributed by atoms with E-state index in [0.29, 0.717) is 18.8 Å². The van der Waals surface area contributed by atoms with Crippen LogP contribution in [0.2, 0.25) is 0 Å². The van der Waals surface area contributed by atoms with Crippen LogP contribution in [0.15, 0.2) is 12.2 Å². The first kappa shape index (κ1) is 15.1. The molecule has 4 atom stereocenters. The van der Waals surface area contributed by atoms with E-state index in [1.165, 1.54) is 6.42 Å². The molecule has 112 valence electrons. The van der Waals surface area contributed by atoms with Gasteiger partial charge in [-0.05, 0) is 31.6 Å². The molecule has 0 aromatic heterocycles. The highest BCUT2D eigenvalue weighted by molar-refractivity contribution is 5.85. The monoisotopic (exact) mass is 279 g/mol. The van der Waals surface area contributed by atoms with Crippen molar-refractivity contribution in [1.29, 1.82) is 0 Å². The summed E-state index contributed by atoms with van der Waals surface area (Å²) in [5.74, 6) is -1.12. The molecule has 0 heterocycles. The van der Waals surface area contributed by atoms with Crippen molar-refractivity contribution in [2.45, 2.75) is 51.5 Å². The number of allylic oxidation sites excluding steroid dienone is 2. The largest absolute Gasteiger partial charge is 0.481 e. The molecule has 2 rings (SSSR count). The first-order valence-corrected chi connectivity index (χ1v) is 7.65. The maximum atomic E-state index is 12.6. The van der Waals surface area contributed by atoms with E-state index in [-0.39, 0.29) is 17.9 Å². The van der Waals surface area contributed by atoms with Crippen LogP contribution in [0.4, 0.5) is 0 Å². The lowest BCUT2D eigenvalue weighted by Gasteiger charge is -2.37. The molecule has 2 aliphatic rings. The topological polar surface area (TPSA) is 57.6 Å². The zero-order valence-electron chi connectivity index (χ0n) is 12.4. The summed E-state index contributed by atoms with van der Waals surface area (Å²) in [5, 5.41) is 9.29. The van der Waals surface area contributed by atoms with E-state index in [0.717, 1.165) is 19.3 Å². The summed E-state index contributed by atoms with van der Waals surface area (Å²) < 4.78 is 0. The summed E-state index contributed by atoms with van der Waals surface area (Å²) in [6.07, 6.45) is 9.35. The van der Waals surface area contributed by atoms with Crippen LogP contribution in [-0.2, 0) is 9.59 Å². The van der Waals surface area contributed by atoms with Crippen LogP contribution in [0.1, 0.15) is 45.4 Å². The molecule has 0 spiro atoms. The van der Waals surface area contributed by atoms with Gasteiger partial charge in [-0.3, -0.25) is 9.59 Å². The fourth-order valence-corrected chi connectivity index (χ4v) is 3.56. The molecule has 2 aliphatic carbocycles. The number of carbonyl (C=O) groups is 2. The summed E-state index contributed by atoms with van der Waals surface area (Å²) in [4.78, 5) is 25.8. The van der Waals surface area contributed by atoms with Crippen molar-refractivity contribution in [3.05, 3.63) is 12.2 Å². The predicted molar refractivity (Wildman–Crippen MR) is 77.2 cm³/mol. The van der Waals surface area contributed by atoms with Gasteiger partial charge in [0.1, 0.15) is 0 Å². The minimum Gasteiger partial charge on any atom is -0.481 e. The van der Waals surface area contributed by atoms with E-state index >= 15 is 0 Å². The van der Waals surface area contributed by atoms with Crippen molar-refractivity contribution in [3.8, 4) is 0 Å². The van der Waals surface area contributed by atoms with E-state index < -0.39 is 11.9 Å². The Bertz CT molecular complexity index is 405. The SMILES string of the molecule is CC1CCCC(N(C)C(=O)C2CC=CCC2C(=O)O)C1. The van der Waals surface area contributed by atoms with Crippen LogP contribution in [-0.4, -0.2) is 35.0 Å². The Kier molecular flexibility index (Phi) is 4.84.